The fourth-order valence-electron chi connectivity index (χ4n) is 2.17. The molecule has 0 spiro atoms. The number of aromatic amines is 1. The predicted octanol–water partition coefficient (Wildman–Crippen LogP) is 2.52. The third kappa shape index (κ3) is 2.56. The van der Waals surface area contributed by atoms with Crippen LogP contribution in [0.15, 0.2) is 47.2 Å². The van der Waals surface area contributed by atoms with E-state index in [0.717, 1.165) is 16.7 Å². The zero-order chi connectivity index (χ0) is 13.9. The van der Waals surface area contributed by atoms with Gasteiger partial charge in [0.25, 0.3) is 5.91 Å². The van der Waals surface area contributed by atoms with Crippen LogP contribution >= 0.6 is 0 Å². The van der Waals surface area contributed by atoms with Gasteiger partial charge in [0.15, 0.2) is 0 Å². The van der Waals surface area contributed by atoms with Crippen molar-refractivity contribution in [3.63, 3.8) is 0 Å². The lowest BCUT2D eigenvalue weighted by Gasteiger charge is -2.12. The molecule has 1 aromatic carbocycles. The molecule has 1 unspecified atom stereocenters. The standard InChI is InChI=1S/C15H15N3O2/c1-10(7-13-3-2-6-20-13)17-15(19)11-4-5-12-9-16-18-14(12)8-11/h2-6,8-10H,7H2,1H3,(H,16,18)(H,17,19). The Balaban J connectivity index is 1.68. The summed E-state index contributed by atoms with van der Waals surface area (Å²) < 4.78 is 5.27. The highest BCUT2D eigenvalue weighted by Crippen LogP contribution is 2.13. The summed E-state index contributed by atoms with van der Waals surface area (Å²) in [6.07, 6.45) is 4.04. The second kappa shape index (κ2) is 5.21. The number of carbonyl (C=O) groups is 1. The summed E-state index contributed by atoms with van der Waals surface area (Å²) in [5, 5.41) is 10.8. The number of rotatable bonds is 4. The maximum atomic E-state index is 12.2. The van der Waals surface area contributed by atoms with Crippen LogP contribution in [-0.2, 0) is 6.42 Å². The Morgan fingerprint density at radius 2 is 2.35 bits per heavy atom. The number of carbonyl (C=O) groups excluding carboxylic acids is 1. The van der Waals surface area contributed by atoms with Crippen molar-refractivity contribution in [2.24, 2.45) is 0 Å². The van der Waals surface area contributed by atoms with Crippen molar-refractivity contribution in [1.29, 1.82) is 0 Å². The van der Waals surface area contributed by atoms with Gasteiger partial charge in [-0.25, -0.2) is 0 Å². The molecule has 2 aromatic heterocycles. The Morgan fingerprint density at radius 1 is 1.45 bits per heavy atom. The Labute approximate surface area is 116 Å². The minimum absolute atomic E-state index is 0.00566. The maximum Gasteiger partial charge on any atom is 0.251 e. The molecule has 0 fully saturated rings. The SMILES string of the molecule is CC(Cc1ccco1)NC(=O)c1ccc2cn[nH]c2c1. The highest BCUT2D eigenvalue weighted by molar-refractivity contribution is 5.97. The maximum absolute atomic E-state index is 12.2. The Bertz CT molecular complexity index is 716. The Kier molecular flexibility index (Phi) is 3.25. The number of furan rings is 1. The van der Waals surface area contributed by atoms with E-state index in [9.17, 15) is 4.79 Å². The van der Waals surface area contributed by atoms with Gasteiger partial charge in [0.2, 0.25) is 0 Å². The van der Waals surface area contributed by atoms with E-state index in [1.807, 2.05) is 25.1 Å². The lowest BCUT2D eigenvalue weighted by Crippen LogP contribution is -2.33. The third-order valence-corrected chi connectivity index (χ3v) is 3.17. The summed E-state index contributed by atoms with van der Waals surface area (Å²) in [5.74, 6) is 0.766. The highest BCUT2D eigenvalue weighted by Gasteiger charge is 2.12. The van der Waals surface area contributed by atoms with E-state index in [2.05, 4.69) is 15.5 Å². The minimum atomic E-state index is -0.0967. The van der Waals surface area contributed by atoms with Gasteiger partial charge in [0.05, 0.1) is 18.0 Å². The summed E-state index contributed by atoms with van der Waals surface area (Å²) in [5.41, 5.74) is 1.48. The summed E-state index contributed by atoms with van der Waals surface area (Å²) in [6, 6.07) is 9.23. The minimum Gasteiger partial charge on any atom is -0.469 e. The van der Waals surface area contributed by atoms with E-state index in [1.165, 1.54) is 0 Å². The molecule has 2 heterocycles. The van der Waals surface area contributed by atoms with Gasteiger partial charge in [0.1, 0.15) is 5.76 Å². The van der Waals surface area contributed by atoms with Crippen LogP contribution in [0, 0.1) is 0 Å². The second-order valence-corrected chi connectivity index (χ2v) is 4.83. The third-order valence-electron chi connectivity index (χ3n) is 3.17. The van der Waals surface area contributed by atoms with Crippen molar-refractivity contribution < 1.29 is 9.21 Å². The summed E-state index contributed by atoms with van der Waals surface area (Å²) >= 11 is 0. The molecule has 0 aliphatic carbocycles. The van der Waals surface area contributed by atoms with Crippen LogP contribution in [-0.4, -0.2) is 22.1 Å². The molecular weight excluding hydrogens is 254 g/mol. The van der Waals surface area contributed by atoms with E-state index in [0.29, 0.717) is 12.0 Å². The molecule has 0 radical (unpaired) electrons. The summed E-state index contributed by atoms with van der Waals surface area (Å²) in [7, 11) is 0. The molecule has 0 aliphatic heterocycles. The number of hydrogen-bond donors (Lipinski definition) is 2. The van der Waals surface area contributed by atoms with Crippen LogP contribution in [0.25, 0.3) is 10.9 Å². The molecular formula is C15H15N3O2. The number of hydrogen-bond acceptors (Lipinski definition) is 3. The molecule has 0 bridgehead atoms. The van der Waals surface area contributed by atoms with Gasteiger partial charge in [-0.05, 0) is 31.2 Å². The zero-order valence-corrected chi connectivity index (χ0v) is 11.1. The monoisotopic (exact) mass is 269 g/mol. The Hall–Kier alpha value is -2.56. The first kappa shape index (κ1) is 12.5. The van der Waals surface area contributed by atoms with Crippen LogP contribution in [0.4, 0.5) is 0 Å². The molecule has 3 aromatic rings. The number of benzene rings is 1. The van der Waals surface area contributed by atoms with Crippen LogP contribution < -0.4 is 5.32 Å². The zero-order valence-electron chi connectivity index (χ0n) is 11.1. The van der Waals surface area contributed by atoms with E-state index in [4.69, 9.17) is 4.42 Å². The molecule has 0 aliphatic rings. The fraction of sp³-hybridized carbons (Fsp3) is 0.200. The number of nitrogens with zero attached hydrogens (tertiary/aromatic N) is 1. The van der Waals surface area contributed by atoms with E-state index in [1.54, 1.807) is 24.6 Å². The smallest absolute Gasteiger partial charge is 0.251 e. The molecule has 0 saturated carbocycles. The number of aromatic nitrogens is 2. The average Bonchev–Trinajstić information content (AvgIpc) is 3.07. The molecule has 1 amide bonds. The van der Waals surface area contributed by atoms with Crippen LogP contribution in [0.1, 0.15) is 23.0 Å². The number of nitrogens with one attached hydrogen (secondary N) is 2. The van der Waals surface area contributed by atoms with Crippen molar-refractivity contribution in [3.8, 4) is 0 Å². The average molecular weight is 269 g/mol. The quantitative estimate of drug-likeness (QED) is 0.764. The van der Waals surface area contributed by atoms with Gasteiger partial charge in [-0.1, -0.05) is 6.07 Å². The molecule has 20 heavy (non-hydrogen) atoms. The molecule has 3 rings (SSSR count). The normalized spacial score (nSPS) is 12.4. The number of fused-ring (bicyclic) bond motifs is 1. The van der Waals surface area contributed by atoms with Crippen LogP contribution in [0.2, 0.25) is 0 Å². The van der Waals surface area contributed by atoms with Crippen molar-refractivity contribution in [3.05, 3.63) is 54.1 Å². The summed E-state index contributed by atoms with van der Waals surface area (Å²) in [4.78, 5) is 12.2. The molecule has 1 atom stereocenters. The largest absolute Gasteiger partial charge is 0.469 e. The van der Waals surface area contributed by atoms with Gasteiger partial charge < -0.3 is 9.73 Å². The summed E-state index contributed by atoms with van der Waals surface area (Å²) in [6.45, 7) is 1.95. The van der Waals surface area contributed by atoms with Crippen LogP contribution in [0.3, 0.4) is 0 Å². The predicted molar refractivity (Wildman–Crippen MR) is 75.4 cm³/mol. The van der Waals surface area contributed by atoms with Crippen molar-refractivity contribution >= 4 is 16.8 Å². The molecule has 2 N–H and O–H groups in total. The number of H-pyrrole nitrogens is 1. The topological polar surface area (TPSA) is 70.9 Å². The van der Waals surface area contributed by atoms with Crippen molar-refractivity contribution in [1.82, 2.24) is 15.5 Å². The van der Waals surface area contributed by atoms with Crippen molar-refractivity contribution in [2.45, 2.75) is 19.4 Å². The van der Waals surface area contributed by atoms with Gasteiger partial charge in [-0.2, -0.15) is 5.10 Å². The van der Waals surface area contributed by atoms with Crippen LogP contribution in [0.5, 0.6) is 0 Å². The number of amides is 1. The first-order valence-corrected chi connectivity index (χ1v) is 6.49. The molecule has 102 valence electrons. The van der Waals surface area contributed by atoms with E-state index in [-0.39, 0.29) is 11.9 Å². The van der Waals surface area contributed by atoms with Gasteiger partial charge >= 0.3 is 0 Å². The van der Waals surface area contributed by atoms with Gasteiger partial charge in [-0.3, -0.25) is 9.89 Å². The Morgan fingerprint density at radius 3 is 3.15 bits per heavy atom. The van der Waals surface area contributed by atoms with E-state index < -0.39 is 0 Å². The van der Waals surface area contributed by atoms with Gasteiger partial charge in [-0.15, -0.1) is 0 Å². The van der Waals surface area contributed by atoms with Crippen molar-refractivity contribution in [2.75, 3.05) is 0 Å². The lowest BCUT2D eigenvalue weighted by molar-refractivity contribution is 0.0939. The lowest BCUT2D eigenvalue weighted by atomic mass is 10.1. The fourth-order valence-corrected chi connectivity index (χ4v) is 2.17. The highest BCUT2D eigenvalue weighted by atomic mass is 16.3. The molecule has 5 nitrogen and oxygen atoms in total. The molecule has 0 saturated heterocycles. The first-order chi connectivity index (χ1) is 9.72. The first-order valence-electron chi connectivity index (χ1n) is 6.49. The second-order valence-electron chi connectivity index (χ2n) is 4.83. The molecule has 5 heteroatoms. The van der Waals surface area contributed by atoms with Gasteiger partial charge in [0, 0.05) is 23.4 Å². The van der Waals surface area contributed by atoms with E-state index >= 15 is 0 Å².